The first-order valence-electron chi connectivity index (χ1n) is 5.96. The monoisotopic (exact) mass is 267 g/mol. The van der Waals surface area contributed by atoms with Crippen LogP contribution < -0.4 is 5.32 Å². The van der Waals surface area contributed by atoms with E-state index in [2.05, 4.69) is 5.32 Å². The molecule has 1 aliphatic rings. The number of ether oxygens (including phenoxy) is 1. The summed E-state index contributed by atoms with van der Waals surface area (Å²) in [6.45, 7) is 0.261. The second kappa shape index (κ2) is 5.79. The number of carbonyl (C=O) groups excluding carboxylic acids is 1. The Morgan fingerprint density at radius 3 is 2.47 bits per heavy atom. The number of hydrogen-bond donors (Lipinski definition) is 2. The van der Waals surface area contributed by atoms with Crippen LogP contribution in [0.25, 0.3) is 0 Å². The summed E-state index contributed by atoms with van der Waals surface area (Å²) < 4.78 is 17.8. The topological polar surface area (TPSA) is 75.6 Å². The average Bonchev–Trinajstić information content (AvgIpc) is 2.87. The fraction of sp³-hybridized carbons (Fsp3) is 0.385. The van der Waals surface area contributed by atoms with Gasteiger partial charge in [-0.05, 0) is 30.5 Å². The van der Waals surface area contributed by atoms with Crippen molar-refractivity contribution in [2.24, 2.45) is 0 Å². The van der Waals surface area contributed by atoms with Crippen LogP contribution in [0.3, 0.4) is 0 Å². The molecule has 1 saturated heterocycles. The SMILES string of the molecule is O=C(NCc1ccc(F)cc1)[C@@H]1CC[C@H](C(=O)O)O1. The molecule has 1 aromatic carbocycles. The van der Waals surface area contributed by atoms with Gasteiger partial charge in [0.25, 0.3) is 0 Å². The Hall–Kier alpha value is -1.95. The summed E-state index contributed by atoms with van der Waals surface area (Å²) in [6.07, 6.45) is -0.890. The van der Waals surface area contributed by atoms with E-state index in [1.165, 1.54) is 12.1 Å². The van der Waals surface area contributed by atoms with Crippen LogP contribution in [0.1, 0.15) is 18.4 Å². The third kappa shape index (κ3) is 3.51. The first kappa shape index (κ1) is 13.5. The summed E-state index contributed by atoms with van der Waals surface area (Å²) >= 11 is 0. The van der Waals surface area contributed by atoms with E-state index < -0.39 is 18.2 Å². The van der Waals surface area contributed by atoms with E-state index in [9.17, 15) is 14.0 Å². The Morgan fingerprint density at radius 1 is 1.26 bits per heavy atom. The zero-order chi connectivity index (χ0) is 13.8. The molecule has 0 saturated carbocycles. The molecule has 2 atom stereocenters. The van der Waals surface area contributed by atoms with E-state index in [1.54, 1.807) is 12.1 Å². The third-order valence-corrected chi connectivity index (χ3v) is 2.97. The van der Waals surface area contributed by atoms with Gasteiger partial charge in [-0.2, -0.15) is 0 Å². The minimum atomic E-state index is -1.05. The van der Waals surface area contributed by atoms with Crippen molar-refractivity contribution in [2.45, 2.75) is 31.6 Å². The van der Waals surface area contributed by atoms with E-state index in [0.29, 0.717) is 12.8 Å². The highest BCUT2D eigenvalue weighted by Gasteiger charge is 2.34. The van der Waals surface area contributed by atoms with Crippen molar-refractivity contribution in [3.8, 4) is 0 Å². The molecule has 6 heteroatoms. The van der Waals surface area contributed by atoms with Crippen molar-refractivity contribution < 1.29 is 23.8 Å². The zero-order valence-corrected chi connectivity index (χ0v) is 10.1. The number of halogens is 1. The smallest absolute Gasteiger partial charge is 0.332 e. The van der Waals surface area contributed by atoms with Crippen LogP contribution in [-0.2, 0) is 20.9 Å². The average molecular weight is 267 g/mol. The number of carboxylic acids is 1. The number of benzene rings is 1. The van der Waals surface area contributed by atoms with Gasteiger partial charge >= 0.3 is 5.97 Å². The van der Waals surface area contributed by atoms with Crippen molar-refractivity contribution >= 4 is 11.9 Å². The minimum Gasteiger partial charge on any atom is -0.479 e. The maximum Gasteiger partial charge on any atom is 0.332 e. The van der Waals surface area contributed by atoms with Gasteiger partial charge in [-0.1, -0.05) is 12.1 Å². The number of hydrogen-bond acceptors (Lipinski definition) is 3. The van der Waals surface area contributed by atoms with Crippen LogP contribution in [0.15, 0.2) is 24.3 Å². The molecule has 2 N–H and O–H groups in total. The molecular weight excluding hydrogens is 253 g/mol. The number of amides is 1. The predicted molar refractivity (Wildman–Crippen MR) is 63.8 cm³/mol. The van der Waals surface area contributed by atoms with Crippen LogP contribution in [0.5, 0.6) is 0 Å². The van der Waals surface area contributed by atoms with Crippen molar-refractivity contribution in [2.75, 3.05) is 0 Å². The highest BCUT2D eigenvalue weighted by atomic mass is 19.1. The van der Waals surface area contributed by atoms with E-state index in [1.807, 2.05) is 0 Å². The molecule has 0 aromatic heterocycles. The van der Waals surface area contributed by atoms with Crippen LogP contribution >= 0.6 is 0 Å². The fourth-order valence-electron chi connectivity index (χ4n) is 1.92. The maximum absolute atomic E-state index is 12.7. The van der Waals surface area contributed by atoms with Crippen LogP contribution in [-0.4, -0.2) is 29.2 Å². The maximum atomic E-state index is 12.7. The Kier molecular flexibility index (Phi) is 4.11. The quantitative estimate of drug-likeness (QED) is 0.855. The summed E-state index contributed by atoms with van der Waals surface area (Å²) in [7, 11) is 0. The Bertz CT molecular complexity index is 474. The zero-order valence-electron chi connectivity index (χ0n) is 10.1. The highest BCUT2D eigenvalue weighted by Crippen LogP contribution is 2.20. The van der Waals surface area contributed by atoms with Crippen LogP contribution in [0.4, 0.5) is 4.39 Å². The van der Waals surface area contributed by atoms with Crippen molar-refractivity contribution in [3.63, 3.8) is 0 Å². The van der Waals surface area contributed by atoms with E-state index >= 15 is 0 Å². The Morgan fingerprint density at radius 2 is 1.89 bits per heavy atom. The molecule has 1 aromatic rings. The lowest BCUT2D eigenvalue weighted by molar-refractivity contribution is -0.151. The van der Waals surface area contributed by atoms with Crippen LogP contribution in [0.2, 0.25) is 0 Å². The molecule has 5 nitrogen and oxygen atoms in total. The van der Waals surface area contributed by atoms with Gasteiger partial charge in [0.15, 0.2) is 6.10 Å². The summed E-state index contributed by atoms with van der Waals surface area (Å²) in [5.74, 6) is -1.72. The van der Waals surface area contributed by atoms with Crippen LogP contribution in [0, 0.1) is 5.82 Å². The first-order chi connectivity index (χ1) is 9.06. The fourth-order valence-corrected chi connectivity index (χ4v) is 1.92. The lowest BCUT2D eigenvalue weighted by atomic mass is 10.2. The number of rotatable bonds is 4. The highest BCUT2D eigenvalue weighted by molar-refractivity contribution is 5.82. The molecule has 1 amide bonds. The van der Waals surface area contributed by atoms with Gasteiger partial charge in [-0.15, -0.1) is 0 Å². The molecule has 0 spiro atoms. The molecule has 0 aliphatic carbocycles. The predicted octanol–water partition coefficient (Wildman–Crippen LogP) is 1.07. The first-order valence-corrected chi connectivity index (χ1v) is 5.96. The summed E-state index contributed by atoms with van der Waals surface area (Å²) in [6, 6.07) is 5.78. The summed E-state index contributed by atoms with van der Waals surface area (Å²) in [5, 5.41) is 11.4. The molecule has 1 heterocycles. The van der Waals surface area contributed by atoms with Gasteiger partial charge in [0.2, 0.25) is 5.91 Å². The normalized spacial score (nSPS) is 22.2. The number of nitrogens with one attached hydrogen (secondary N) is 1. The standard InChI is InChI=1S/C13H14FNO4/c14-9-3-1-8(2-4-9)7-15-12(16)10-5-6-11(19-10)13(17)18/h1-4,10-11H,5-7H2,(H,15,16)(H,17,18)/t10-,11+/m0/s1. The van der Waals surface area contributed by atoms with Gasteiger partial charge in [-0.25, -0.2) is 9.18 Å². The lowest BCUT2D eigenvalue weighted by Crippen LogP contribution is -2.35. The minimum absolute atomic E-state index is 0.261. The van der Waals surface area contributed by atoms with Crippen molar-refractivity contribution in [3.05, 3.63) is 35.6 Å². The van der Waals surface area contributed by atoms with Gasteiger partial charge in [0.05, 0.1) is 0 Å². The molecule has 0 bridgehead atoms. The second-order valence-electron chi connectivity index (χ2n) is 4.37. The number of carboxylic acid groups (broad SMARTS) is 1. The lowest BCUT2D eigenvalue weighted by Gasteiger charge is -2.11. The molecule has 1 aliphatic heterocycles. The molecule has 102 valence electrons. The van der Waals surface area contributed by atoms with Gasteiger partial charge < -0.3 is 15.2 Å². The van der Waals surface area contributed by atoms with E-state index in [4.69, 9.17) is 9.84 Å². The molecule has 19 heavy (non-hydrogen) atoms. The number of aliphatic carboxylic acids is 1. The van der Waals surface area contributed by atoms with E-state index in [0.717, 1.165) is 5.56 Å². The Labute approximate surface area is 109 Å². The van der Waals surface area contributed by atoms with Gasteiger partial charge in [-0.3, -0.25) is 4.79 Å². The third-order valence-electron chi connectivity index (χ3n) is 2.97. The van der Waals surface area contributed by atoms with Gasteiger partial charge in [0.1, 0.15) is 11.9 Å². The van der Waals surface area contributed by atoms with Crippen molar-refractivity contribution in [1.29, 1.82) is 0 Å². The molecule has 2 rings (SSSR count). The largest absolute Gasteiger partial charge is 0.479 e. The van der Waals surface area contributed by atoms with E-state index in [-0.39, 0.29) is 18.3 Å². The van der Waals surface area contributed by atoms with Gasteiger partial charge in [0, 0.05) is 6.54 Å². The molecule has 1 fully saturated rings. The molecule has 0 unspecified atom stereocenters. The van der Waals surface area contributed by atoms with Crippen molar-refractivity contribution in [1.82, 2.24) is 5.32 Å². The summed E-state index contributed by atoms with van der Waals surface area (Å²) in [5.41, 5.74) is 0.766. The molecular formula is C13H14FNO4. The Balaban J connectivity index is 1.82. The summed E-state index contributed by atoms with van der Waals surface area (Å²) in [4.78, 5) is 22.4. The second-order valence-corrected chi connectivity index (χ2v) is 4.37. The molecule has 0 radical (unpaired) electrons. The number of carbonyl (C=O) groups is 2.